The van der Waals surface area contributed by atoms with Gasteiger partial charge in [0.2, 0.25) is 28.8 Å². The Morgan fingerprint density at radius 2 is 2.06 bits per heavy atom. The van der Waals surface area contributed by atoms with Gasteiger partial charge < -0.3 is 33.6 Å². The second kappa shape index (κ2) is 10.2. The number of carbonyl (C=O) groups excluding carboxylic acids is 1. The molecule has 0 radical (unpaired) electrons. The van der Waals surface area contributed by atoms with E-state index in [1.54, 1.807) is 25.1 Å². The molecule has 0 unspecified atom stereocenters. The second-order valence-electron chi connectivity index (χ2n) is 7.71. The number of phenolic OH excluding ortho intramolecular Hbond substituents is 1. The molecule has 4 aromatic rings. The van der Waals surface area contributed by atoms with E-state index in [1.807, 2.05) is 0 Å². The van der Waals surface area contributed by atoms with Gasteiger partial charge in [-0.05, 0) is 36.8 Å². The van der Waals surface area contributed by atoms with Gasteiger partial charge in [-0.25, -0.2) is 0 Å². The van der Waals surface area contributed by atoms with Crippen LogP contribution < -0.4 is 15.5 Å². The molecular weight excluding hydrogens is 458 g/mol. The highest BCUT2D eigenvalue weighted by atomic mass is 16.5. The van der Waals surface area contributed by atoms with Crippen LogP contribution in [-0.2, 0) is 11.2 Å². The molecule has 4 rings (SSSR count). The number of hydrogen-bond acceptors (Lipinski definition) is 10. The minimum absolute atomic E-state index is 0.0575. The maximum absolute atomic E-state index is 12.8. The van der Waals surface area contributed by atoms with Crippen LogP contribution in [0.15, 0.2) is 60.8 Å². The summed E-state index contributed by atoms with van der Waals surface area (Å²) < 4.78 is 21.2. The van der Waals surface area contributed by atoms with Crippen LogP contribution in [0.5, 0.6) is 17.2 Å². The highest BCUT2D eigenvalue weighted by Gasteiger charge is 2.26. The summed E-state index contributed by atoms with van der Waals surface area (Å²) in [5.41, 5.74) is -0.123. The minimum atomic E-state index is -0.828. The van der Waals surface area contributed by atoms with Gasteiger partial charge in [0.25, 0.3) is 0 Å². The van der Waals surface area contributed by atoms with E-state index in [4.69, 9.17) is 18.1 Å². The molecule has 0 saturated heterocycles. The first-order valence-corrected chi connectivity index (χ1v) is 10.7. The van der Waals surface area contributed by atoms with Crippen molar-refractivity contribution in [1.82, 2.24) is 15.5 Å². The Labute approximate surface area is 199 Å². The van der Waals surface area contributed by atoms with E-state index < -0.39 is 17.1 Å². The average molecular weight is 481 g/mol. The molecular formula is C24H23N3O8. The number of benzene rings is 1. The lowest BCUT2D eigenvalue weighted by Crippen LogP contribution is -2.27. The molecule has 1 atom stereocenters. The SMILES string of the molecule is COc1cc([C@H](CC(=O)NCCc2nc(-c3ccco3)no2)c2oc(C)cc(=O)c2O)ccc1O. The van der Waals surface area contributed by atoms with Crippen molar-refractivity contribution < 1.29 is 33.1 Å². The first kappa shape index (κ1) is 23.6. The van der Waals surface area contributed by atoms with Crippen molar-refractivity contribution in [2.24, 2.45) is 0 Å². The molecule has 3 aromatic heterocycles. The number of furan rings is 1. The topological polar surface area (TPSA) is 161 Å². The quantitative estimate of drug-likeness (QED) is 0.324. The standard InChI is InChI=1S/C24H23N3O8/c1-13-10-17(29)22(31)23(34-13)15(14-5-6-16(28)19(11-14)32-2)12-20(30)25-8-7-21-26-24(27-35-21)18-4-3-9-33-18/h3-6,9-11,15,28,31H,7-8,12H2,1-2H3,(H,25,30)/t15-/m0/s1. The third-order valence-corrected chi connectivity index (χ3v) is 5.25. The van der Waals surface area contributed by atoms with Crippen LogP contribution in [0, 0.1) is 6.92 Å². The number of nitrogens with zero attached hydrogens (tertiary/aromatic N) is 2. The molecule has 35 heavy (non-hydrogen) atoms. The summed E-state index contributed by atoms with van der Waals surface area (Å²) in [5.74, 6) is -0.397. The van der Waals surface area contributed by atoms with E-state index in [0.29, 0.717) is 23.0 Å². The summed E-state index contributed by atoms with van der Waals surface area (Å²) in [4.78, 5) is 29.2. The van der Waals surface area contributed by atoms with Crippen LogP contribution in [0.2, 0.25) is 0 Å². The number of aryl methyl sites for hydroxylation is 1. The first-order chi connectivity index (χ1) is 16.9. The van der Waals surface area contributed by atoms with Crippen molar-refractivity contribution in [3.63, 3.8) is 0 Å². The normalized spacial score (nSPS) is 11.8. The van der Waals surface area contributed by atoms with Gasteiger partial charge in [0.1, 0.15) is 5.76 Å². The van der Waals surface area contributed by atoms with E-state index in [2.05, 4.69) is 15.5 Å². The Morgan fingerprint density at radius 3 is 2.80 bits per heavy atom. The Bertz CT molecular complexity index is 1370. The van der Waals surface area contributed by atoms with Gasteiger partial charge >= 0.3 is 0 Å². The van der Waals surface area contributed by atoms with Gasteiger partial charge in [-0.15, -0.1) is 0 Å². The number of ether oxygens (including phenoxy) is 1. The molecule has 182 valence electrons. The molecule has 11 nitrogen and oxygen atoms in total. The van der Waals surface area contributed by atoms with Crippen molar-refractivity contribution in [3.8, 4) is 28.8 Å². The Morgan fingerprint density at radius 1 is 1.23 bits per heavy atom. The molecule has 0 saturated carbocycles. The van der Waals surface area contributed by atoms with Crippen LogP contribution >= 0.6 is 0 Å². The van der Waals surface area contributed by atoms with E-state index in [1.165, 1.54) is 25.5 Å². The number of hydrogen-bond donors (Lipinski definition) is 3. The summed E-state index contributed by atoms with van der Waals surface area (Å²) in [6.07, 6.45) is 1.62. The van der Waals surface area contributed by atoms with E-state index in [0.717, 1.165) is 6.07 Å². The van der Waals surface area contributed by atoms with Gasteiger partial charge in [0.15, 0.2) is 23.0 Å². The monoisotopic (exact) mass is 481 g/mol. The highest BCUT2D eigenvalue weighted by molar-refractivity contribution is 5.77. The number of aromatic hydroxyl groups is 2. The van der Waals surface area contributed by atoms with Crippen molar-refractivity contribution in [2.75, 3.05) is 13.7 Å². The maximum atomic E-state index is 12.8. The summed E-state index contributed by atoms with van der Waals surface area (Å²) in [7, 11) is 1.39. The lowest BCUT2D eigenvalue weighted by molar-refractivity contribution is -0.121. The maximum Gasteiger partial charge on any atom is 0.238 e. The third-order valence-electron chi connectivity index (χ3n) is 5.25. The van der Waals surface area contributed by atoms with E-state index in [9.17, 15) is 19.8 Å². The summed E-state index contributed by atoms with van der Waals surface area (Å²) in [5, 5.41) is 26.9. The average Bonchev–Trinajstić information content (AvgIpc) is 3.53. The van der Waals surface area contributed by atoms with Gasteiger partial charge in [-0.3, -0.25) is 9.59 Å². The van der Waals surface area contributed by atoms with Crippen LogP contribution in [-0.4, -0.2) is 39.9 Å². The minimum Gasteiger partial charge on any atom is -0.504 e. The zero-order chi connectivity index (χ0) is 24.9. The first-order valence-electron chi connectivity index (χ1n) is 10.7. The van der Waals surface area contributed by atoms with E-state index >= 15 is 0 Å². The number of aromatic nitrogens is 2. The van der Waals surface area contributed by atoms with Crippen molar-refractivity contribution in [2.45, 2.75) is 25.7 Å². The molecule has 0 bridgehead atoms. The molecule has 1 amide bonds. The van der Waals surface area contributed by atoms with E-state index in [-0.39, 0.29) is 48.3 Å². The molecule has 0 aliphatic carbocycles. The second-order valence-corrected chi connectivity index (χ2v) is 7.71. The summed E-state index contributed by atoms with van der Waals surface area (Å²) in [6.45, 7) is 1.77. The van der Waals surface area contributed by atoms with Crippen LogP contribution in [0.4, 0.5) is 0 Å². The molecule has 0 spiro atoms. The largest absolute Gasteiger partial charge is 0.504 e. The summed E-state index contributed by atoms with van der Waals surface area (Å²) >= 11 is 0. The fourth-order valence-electron chi connectivity index (χ4n) is 3.56. The Hall–Kier alpha value is -4.54. The van der Waals surface area contributed by atoms with Crippen molar-refractivity contribution >= 4 is 5.91 Å². The van der Waals surface area contributed by atoms with Crippen LogP contribution in [0.3, 0.4) is 0 Å². The Balaban J connectivity index is 1.50. The van der Waals surface area contributed by atoms with Crippen molar-refractivity contribution in [1.29, 1.82) is 0 Å². The third kappa shape index (κ3) is 5.35. The van der Waals surface area contributed by atoms with Gasteiger partial charge in [0.05, 0.1) is 19.3 Å². The van der Waals surface area contributed by atoms with Gasteiger partial charge in [0, 0.05) is 25.5 Å². The molecule has 0 aliphatic rings. The number of nitrogens with one attached hydrogen (secondary N) is 1. The predicted octanol–water partition coefficient (Wildman–Crippen LogP) is 2.89. The van der Waals surface area contributed by atoms with Crippen molar-refractivity contribution in [3.05, 3.63) is 75.9 Å². The molecule has 3 heterocycles. The van der Waals surface area contributed by atoms with Gasteiger partial charge in [-0.1, -0.05) is 11.2 Å². The molecule has 0 aliphatic heterocycles. The lowest BCUT2D eigenvalue weighted by atomic mass is 9.91. The number of carbonyl (C=O) groups is 1. The number of rotatable bonds is 9. The molecule has 1 aromatic carbocycles. The molecule has 0 fully saturated rings. The zero-order valence-electron chi connectivity index (χ0n) is 19.0. The number of phenols is 1. The lowest BCUT2D eigenvalue weighted by Gasteiger charge is -2.18. The van der Waals surface area contributed by atoms with Crippen LogP contribution in [0.25, 0.3) is 11.6 Å². The highest BCUT2D eigenvalue weighted by Crippen LogP contribution is 2.37. The zero-order valence-corrected chi connectivity index (χ0v) is 19.0. The van der Waals surface area contributed by atoms with Gasteiger partial charge in [-0.2, -0.15) is 4.98 Å². The number of methoxy groups -OCH3 is 1. The molecule has 3 N–H and O–H groups in total. The Kier molecular flexibility index (Phi) is 6.86. The predicted molar refractivity (Wildman–Crippen MR) is 121 cm³/mol. The summed E-state index contributed by atoms with van der Waals surface area (Å²) in [6, 6.07) is 9.05. The molecule has 11 heteroatoms. The smallest absolute Gasteiger partial charge is 0.238 e. The fraction of sp³-hybridized carbons (Fsp3) is 0.250. The van der Waals surface area contributed by atoms with Crippen LogP contribution in [0.1, 0.15) is 35.3 Å². The number of amides is 1. The fourth-order valence-corrected chi connectivity index (χ4v) is 3.56.